The zero-order valence-corrected chi connectivity index (χ0v) is 12.1. The molecule has 2 rings (SSSR count). The van der Waals surface area contributed by atoms with E-state index in [1.165, 1.54) is 4.90 Å². The third-order valence-electron chi connectivity index (χ3n) is 3.54. The first kappa shape index (κ1) is 15.5. The van der Waals surface area contributed by atoms with E-state index in [1.807, 2.05) is 0 Å². The van der Waals surface area contributed by atoms with Crippen LogP contribution in [0.15, 0.2) is 0 Å². The van der Waals surface area contributed by atoms with Crippen molar-refractivity contribution < 1.29 is 27.9 Å². The zero-order chi connectivity index (χ0) is 15.6. The molecule has 2 fully saturated rings. The highest BCUT2D eigenvalue weighted by atomic mass is 32.2. The standard InChI is InChI=1S/C11H17N3O6S/c15-9-7-14(8(6-12-9)10(16)17)11(18)13-2-1-4-21(19,20)5-3-13/h8H,1-7H2,(H,12,15)(H,16,17). The molecule has 2 heterocycles. The molecule has 0 aliphatic carbocycles. The number of urea groups is 1. The van der Waals surface area contributed by atoms with E-state index in [0.29, 0.717) is 6.42 Å². The van der Waals surface area contributed by atoms with Crippen LogP contribution < -0.4 is 5.32 Å². The number of piperazine rings is 1. The van der Waals surface area contributed by atoms with Crippen molar-refractivity contribution >= 4 is 27.7 Å². The maximum atomic E-state index is 12.4. The van der Waals surface area contributed by atoms with Gasteiger partial charge in [-0.25, -0.2) is 18.0 Å². The van der Waals surface area contributed by atoms with Gasteiger partial charge in [0.2, 0.25) is 5.91 Å². The van der Waals surface area contributed by atoms with Crippen LogP contribution in [0, 0.1) is 0 Å². The van der Waals surface area contributed by atoms with Crippen molar-refractivity contribution in [2.24, 2.45) is 0 Å². The van der Waals surface area contributed by atoms with Crippen LogP contribution in [-0.4, -0.2) is 85.0 Å². The van der Waals surface area contributed by atoms with Gasteiger partial charge in [0.15, 0.2) is 9.84 Å². The van der Waals surface area contributed by atoms with Gasteiger partial charge in [-0.2, -0.15) is 0 Å². The highest BCUT2D eigenvalue weighted by Crippen LogP contribution is 2.12. The first-order valence-corrected chi connectivity index (χ1v) is 8.38. The predicted molar refractivity (Wildman–Crippen MR) is 71.4 cm³/mol. The van der Waals surface area contributed by atoms with Gasteiger partial charge in [-0.15, -0.1) is 0 Å². The Labute approximate surface area is 121 Å². The lowest BCUT2D eigenvalue weighted by Gasteiger charge is -2.36. The molecule has 0 radical (unpaired) electrons. The molecule has 3 amide bonds. The van der Waals surface area contributed by atoms with E-state index in [0.717, 1.165) is 4.90 Å². The number of hydrogen-bond donors (Lipinski definition) is 2. The molecule has 0 spiro atoms. The van der Waals surface area contributed by atoms with Gasteiger partial charge in [-0.05, 0) is 6.42 Å². The number of carboxylic acids is 1. The van der Waals surface area contributed by atoms with Crippen LogP contribution >= 0.6 is 0 Å². The number of carbonyl (C=O) groups excluding carboxylic acids is 2. The van der Waals surface area contributed by atoms with E-state index in [9.17, 15) is 22.8 Å². The fourth-order valence-corrected chi connectivity index (χ4v) is 3.65. The molecule has 2 aliphatic rings. The van der Waals surface area contributed by atoms with Gasteiger partial charge in [-0.3, -0.25) is 9.69 Å². The molecule has 0 aromatic carbocycles. The molecule has 2 aliphatic heterocycles. The average molecular weight is 319 g/mol. The van der Waals surface area contributed by atoms with Crippen LogP contribution in [-0.2, 0) is 19.4 Å². The molecule has 2 saturated heterocycles. The second kappa shape index (κ2) is 5.88. The van der Waals surface area contributed by atoms with Crippen LogP contribution in [0.25, 0.3) is 0 Å². The third-order valence-corrected chi connectivity index (χ3v) is 5.25. The van der Waals surface area contributed by atoms with Gasteiger partial charge in [0.25, 0.3) is 0 Å². The van der Waals surface area contributed by atoms with Crippen molar-refractivity contribution in [1.29, 1.82) is 0 Å². The molecule has 1 unspecified atom stereocenters. The highest BCUT2D eigenvalue weighted by Gasteiger charge is 2.37. The number of hydrogen-bond acceptors (Lipinski definition) is 5. The normalized spacial score (nSPS) is 25.9. The minimum atomic E-state index is -3.17. The van der Waals surface area contributed by atoms with Crippen molar-refractivity contribution in [1.82, 2.24) is 15.1 Å². The van der Waals surface area contributed by atoms with Crippen molar-refractivity contribution in [3.05, 3.63) is 0 Å². The highest BCUT2D eigenvalue weighted by molar-refractivity contribution is 7.91. The molecule has 10 heteroatoms. The summed E-state index contributed by atoms with van der Waals surface area (Å²) in [6, 6.07) is -1.73. The van der Waals surface area contributed by atoms with Gasteiger partial charge in [0.05, 0.1) is 11.5 Å². The number of amides is 3. The van der Waals surface area contributed by atoms with Crippen molar-refractivity contribution in [2.45, 2.75) is 12.5 Å². The monoisotopic (exact) mass is 319 g/mol. The molecule has 0 aromatic rings. The lowest BCUT2D eigenvalue weighted by molar-refractivity contribution is -0.144. The summed E-state index contributed by atoms with van der Waals surface area (Å²) >= 11 is 0. The number of carbonyl (C=O) groups is 3. The molecule has 9 nitrogen and oxygen atoms in total. The quantitative estimate of drug-likeness (QED) is 0.582. The summed E-state index contributed by atoms with van der Waals surface area (Å²) in [6.07, 6.45) is 0.311. The van der Waals surface area contributed by atoms with Crippen molar-refractivity contribution in [3.8, 4) is 0 Å². The molecule has 21 heavy (non-hydrogen) atoms. The first-order chi connectivity index (χ1) is 9.80. The first-order valence-electron chi connectivity index (χ1n) is 6.55. The predicted octanol–water partition coefficient (Wildman–Crippen LogP) is -1.89. The maximum absolute atomic E-state index is 12.4. The SMILES string of the molecule is O=C1CN(C(=O)N2CCCS(=O)(=O)CC2)C(C(=O)O)CN1. The topological polar surface area (TPSA) is 124 Å². The average Bonchev–Trinajstić information content (AvgIpc) is 2.58. The largest absolute Gasteiger partial charge is 0.480 e. The molecular formula is C11H17N3O6S. The fourth-order valence-electron chi connectivity index (χ4n) is 2.37. The van der Waals surface area contributed by atoms with Gasteiger partial charge in [-0.1, -0.05) is 0 Å². The van der Waals surface area contributed by atoms with E-state index >= 15 is 0 Å². The van der Waals surface area contributed by atoms with Crippen LogP contribution in [0.1, 0.15) is 6.42 Å². The summed E-state index contributed by atoms with van der Waals surface area (Å²) in [7, 11) is -3.17. The van der Waals surface area contributed by atoms with E-state index in [-0.39, 0.29) is 37.7 Å². The molecule has 2 N–H and O–H groups in total. The summed E-state index contributed by atoms with van der Waals surface area (Å²) < 4.78 is 23.1. The summed E-state index contributed by atoms with van der Waals surface area (Å²) in [5.74, 6) is -1.76. The van der Waals surface area contributed by atoms with E-state index < -0.39 is 33.8 Å². The summed E-state index contributed by atoms with van der Waals surface area (Å²) in [5.41, 5.74) is 0. The smallest absolute Gasteiger partial charge is 0.328 e. The Kier molecular flexibility index (Phi) is 4.35. The van der Waals surface area contributed by atoms with Crippen LogP contribution in [0.4, 0.5) is 4.79 Å². The fraction of sp³-hybridized carbons (Fsp3) is 0.727. The van der Waals surface area contributed by atoms with Crippen LogP contribution in [0.5, 0.6) is 0 Å². The van der Waals surface area contributed by atoms with Gasteiger partial charge in [0.1, 0.15) is 12.6 Å². The van der Waals surface area contributed by atoms with Crippen LogP contribution in [0.2, 0.25) is 0 Å². The molecule has 0 aromatic heterocycles. The maximum Gasteiger partial charge on any atom is 0.328 e. The summed E-state index contributed by atoms with van der Waals surface area (Å²) in [6.45, 7) is -0.223. The molecule has 118 valence electrons. The van der Waals surface area contributed by atoms with Crippen LogP contribution in [0.3, 0.4) is 0 Å². The Morgan fingerprint density at radius 1 is 1.24 bits per heavy atom. The number of nitrogens with zero attached hydrogens (tertiary/aromatic N) is 2. The van der Waals surface area contributed by atoms with Gasteiger partial charge < -0.3 is 15.3 Å². The molecule has 0 saturated carbocycles. The van der Waals surface area contributed by atoms with E-state index in [4.69, 9.17) is 5.11 Å². The van der Waals surface area contributed by atoms with Crippen molar-refractivity contribution in [3.63, 3.8) is 0 Å². The Morgan fingerprint density at radius 3 is 2.62 bits per heavy atom. The van der Waals surface area contributed by atoms with Gasteiger partial charge >= 0.3 is 12.0 Å². The summed E-state index contributed by atoms with van der Waals surface area (Å²) in [5, 5.41) is 11.5. The Morgan fingerprint density at radius 2 is 1.95 bits per heavy atom. The number of rotatable bonds is 1. The Hall–Kier alpha value is -1.84. The Bertz CT molecular complexity index is 560. The number of nitrogens with one attached hydrogen (secondary N) is 1. The minimum Gasteiger partial charge on any atom is -0.480 e. The minimum absolute atomic E-state index is 0.0135. The number of carboxylic acid groups (broad SMARTS) is 1. The third kappa shape index (κ3) is 3.63. The second-order valence-electron chi connectivity index (χ2n) is 5.06. The number of sulfone groups is 1. The van der Waals surface area contributed by atoms with E-state index in [1.54, 1.807) is 0 Å². The van der Waals surface area contributed by atoms with E-state index in [2.05, 4.69) is 5.32 Å². The molecular weight excluding hydrogens is 302 g/mol. The second-order valence-corrected chi connectivity index (χ2v) is 7.36. The molecule has 1 atom stereocenters. The lowest BCUT2D eigenvalue weighted by atomic mass is 10.2. The van der Waals surface area contributed by atoms with Crippen molar-refractivity contribution in [2.75, 3.05) is 37.7 Å². The molecule has 0 bridgehead atoms. The number of aliphatic carboxylic acids is 1. The summed E-state index contributed by atoms with van der Waals surface area (Å²) in [4.78, 5) is 37.2. The zero-order valence-electron chi connectivity index (χ0n) is 11.3. The van der Waals surface area contributed by atoms with Gasteiger partial charge in [0, 0.05) is 19.6 Å². The Balaban J connectivity index is 2.12. The lowest BCUT2D eigenvalue weighted by Crippen LogP contribution is -2.62.